The van der Waals surface area contributed by atoms with Crippen molar-refractivity contribution in [3.05, 3.63) is 18.6 Å². The SMILES string of the molecule is O=C1CCN1c1ccoc1. The minimum atomic E-state index is 0.182. The standard InChI is InChI=1S/C7H7NO2/c9-7-1-3-8(7)6-2-4-10-5-6/h2,4-5H,1,3H2. The molecule has 10 heavy (non-hydrogen) atoms. The summed E-state index contributed by atoms with van der Waals surface area (Å²) in [5.74, 6) is 0.182. The molecule has 0 aromatic carbocycles. The fourth-order valence-electron chi connectivity index (χ4n) is 0.999. The minimum absolute atomic E-state index is 0.182. The molecule has 2 rings (SSSR count). The lowest BCUT2D eigenvalue weighted by molar-refractivity contribution is -0.122. The Morgan fingerprint density at radius 2 is 2.50 bits per heavy atom. The molecule has 1 aromatic heterocycles. The van der Waals surface area contributed by atoms with Crippen molar-refractivity contribution >= 4 is 11.6 Å². The molecular weight excluding hydrogens is 130 g/mol. The summed E-state index contributed by atoms with van der Waals surface area (Å²) in [4.78, 5) is 12.5. The highest BCUT2D eigenvalue weighted by Gasteiger charge is 2.25. The second kappa shape index (κ2) is 1.87. The zero-order chi connectivity index (χ0) is 6.97. The van der Waals surface area contributed by atoms with Crippen LogP contribution >= 0.6 is 0 Å². The molecule has 2 heterocycles. The maximum atomic E-state index is 10.8. The van der Waals surface area contributed by atoms with Crippen molar-refractivity contribution < 1.29 is 9.21 Å². The molecule has 1 aliphatic heterocycles. The fraction of sp³-hybridized carbons (Fsp3) is 0.286. The molecular formula is C7H7NO2. The first-order valence-corrected chi connectivity index (χ1v) is 3.20. The molecule has 1 aromatic rings. The number of rotatable bonds is 1. The lowest BCUT2D eigenvalue weighted by atomic mass is 10.2. The van der Waals surface area contributed by atoms with Crippen LogP contribution in [-0.2, 0) is 4.79 Å². The Morgan fingerprint density at radius 3 is 2.90 bits per heavy atom. The molecule has 1 aliphatic rings. The summed E-state index contributed by atoms with van der Waals surface area (Å²) in [5.41, 5.74) is 0.872. The first-order valence-electron chi connectivity index (χ1n) is 3.20. The molecule has 1 saturated heterocycles. The Hall–Kier alpha value is -1.25. The van der Waals surface area contributed by atoms with Crippen molar-refractivity contribution in [2.75, 3.05) is 11.4 Å². The van der Waals surface area contributed by atoms with Crippen LogP contribution in [0.25, 0.3) is 0 Å². The normalized spacial score (nSPS) is 17.2. The maximum absolute atomic E-state index is 10.8. The van der Waals surface area contributed by atoms with Crippen LogP contribution in [0.3, 0.4) is 0 Å². The topological polar surface area (TPSA) is 33.5 Å². The molecule has 52 valence electrons. The van der Waals surface area contributed by atoms with E-state index >= 15 is 0 Å². The Balaban J connectivity index is 2.21. The van der Waals surface area contributed by atoms with Gasteiger partial charge in [0, 0.05) is 19.0 Å². The smallest absolute Gasteiger partial charge is 0.228 e. The van der Waals surface area contributed by atoms with Crippen molar-refractivity contribution in [2.45, 2.75) is 6.42 Å². The lowest BCUT2D eigenvalue weighted by Gasteiger charge is -2.28. The second-order valence-corrected chi connectivity index (χ2v) is 2.28. The van der Waals surface area contributed by atoms with Gasteiger partial charge in [0.1, 0.15) is 6.26 Å². The zero-order valence-electron chi connectivity index (χ0n) is 5.41. The van der Waals surface area contributed by atoms with E-state index in [2.05, 4.69) is 0 Å². The van der Waals surface area contributed by atoms with Gasteiger partial charge in [-0.1, -0.05) is 0 Å². The van der Waals surface area contributed by atoms with Crippen LogP contribution in [0.15, 0.2) is 23.0 Å². The van der Waals surface area contributed by atoms with Crippen molar-refractivity contribution in [3.8, 4) is 0 Å². The molecule has 3 heteroatoms. The van der Waals surface area contributed by atoms with Gasteiger partial charge in [-0.3, -0.25) is 4.79 Å². The van der Waals surface area contributed by atoms with Gasteiger partial charge in [0.05, 0.1) is 12.0 Å². The number of nitrogens with zero attached hydrogens (tertiary/aromatic N) is 1. The van der Waals surface area contributed by atoms with Gasteiger partial charge in [0.25, 0.3) is 0 Å². The van der Waals surface area contributed by atoms with Crippen molar-refractivity contribution in [1.29, 1.82) is 0 Å². The van der Waals surface area contributed by atoms with Gasteiger partial charge < -0.3 is 9.32 Å². The molecule has 1 fully saturated rings. The Bertz CT molecular complexity index is 240. The van der Waals surface area contributed by atoms with Crippen LogP contribution in [-0.4, -0.2) is 12.5 Å². The molecule has 1 amide bonds. The predicted molar refractivity (Wildman–Crippen MR) is 35.7 cm³/mol. The molecule has 0 atom stereocenters. The van der Waals surface area contributed by atoms with Crippen LogP contribution < -0.4 is 4.90 Å². The summed E-state index contributed by atoms with van der Waals surface area (Å²) < 4.78 is 4.83. The number of carbonyl (C=O) groups excluding carboxylic acids is 1. The van der Waals surface area contributed by atoms with E-state index in [1.165, 1.54) is 0 Å². The van der Waals surface area contributed by atoms with E-state index in [9.17, 15) is 4.79 Å². The fourth-order valence-corrected chi connectivity index (χ4v) is 0.999. The van der Waals surface area contributed by atoms with E-state index < -0.39 is 0 Å². The molecule has 0 spiro atoms. The highest BCUT2D eigenvalue weighted by atomic mass is 16.3. The molecule has 3 nitrogen and oxygen atoms in total. The van der Waals surface area contributed by atoms with E-state index in [4.69, 9.17) is 4.42 Å². The van der Waals surface area contributed by atoms with Crippen LogP contribution in [0.5, 0.6) is 0 Å². The van der Waals surface area contributed by atoms with Gasteiger partial charge in [-0.2, -0.15) is 0 Å². The predicted octanol–water partition coefficient (Wildman–Crippen LogP) is 1.02. The van der Waals surface area contributed by atoms with Crippen molar-refractivity contribution in [2.24, 2.45) is 0 Å². The number of hydrogen-bond donors (Lipinski definition) is 0. The summed E-state index contributed by atoms with van der Waals surface area (Å²) in [7, 11) is 0. The molecule has 0 aliphatic carbocycles. The van der Waals surface area contributed by atoms with Crippen LogP contribution in [0.1, 0.15) is 6.42 Å². The number of furan rings is 1. The highest BCUT2D eigenvalue weighted by Crippen LogP contribution is 2.21. The van der Waals surface area contributed by atoms with Gasteiger partial charge >= 0.3 is 0 Å². The monoisotopic (exact) mass is 137 g/mol. The van der Waals surface area contributed by atoms with Crippen molar-refractivity contribution in [3.63, 3.8) is 0 Å². The summed E-state index contributed by atoms with van der Waals surface area (Å²) >= 11 is 0. The minimum Gasteiger partial charge on any atom is -0.470 e. The largest absolute Gasteiger partial charge is 0.470 e. The Labute approximate surface area is 58.2 Å². The van der Waals surface area contributed by atoms with E-state index in [1.54, 1.807) is 23.5 Å². The Morgan fingerprint density at radius 1 is 1.60 bits per heavy atom. The van der Waals surface area contributed by atoms with Gasteiger partial charge in [-0.15, -0.1) is 0 Å². The van der Waals surface area contributed by atoms with Gasteiger partial charge in [0.2, 0.25) is 5.91 Å². The number of hydrogen-bond acceptors (Lipinski definition) is 2. The molecule has 0 unspecified atom stereocenters. The average Bonchev–Trinajstić information content (AvgIpc) is 2.37. The maximum Gasteiger partial charge on any atom is 0.228 e. The van der Waals surface area contributed by atoms with Crippen LogP contribution in [0.4, 0.5) is 5.69 Å². The van der Waals surface area contributed by atoms with E-state index in [0.717, 1.165) is 12.2 Å². The van der Waals surface area contributed by atoms with Gasteiger partial charge in [0.15, 0.2) is 0 Å². The van der Waals surface area contributed by atoms with E-state index in [-0.39, 0.29) is 5.91 Å². The first-order chi connectivity index (χ1) is 4.88. The summed E-state index contributed by atoms with van der Waals surface area (Å²) in [6.07, 6.45) is 3.82. The van der Waals surface area contributed by atoms with Crippen LogP contribution in [0.2, 0.25) is 0 Å². The van der Waals surface area contributed by atoms with E-state index in [1.807, 2.05) is 0 Å². The average molecular weight is 137 g/mol. The van der Waals surface area contributed by atoms with Gasteiger partial charge in [-0.05, 0) is 0 Å². The molecule has 0 radical (unpaired) electrons. The highest BCUT2D eigenvalue weighted by molar-refractivity contribution is 5.99. The van der Waals surface area contributed by atoms with E-state index in [0.29, 0.717) is 6.42 Å². The second-order valence-electron chi connectivity index (χ2n) is 2.28. The summed E-state index contributed by atoms with van der Waals surface area (Å²) in [6, 6.07) is 1.79. The summed E-state index contributed by atoms with van der Waals surface area (Å²) in [6.45, 7) is 0.832. The number of anilines is 1. The number of β-lactam (4-membered cyclic amide) rings is 1. The first kappa shape index (κ1) is 5.53. The third-order valence-corrected chi connectivity index (χ3v) is 1.67. The summed E-state index contributed by atoms with van der Waals surface area (Å²) in [5, 5.41) is 0. The molecule has 0 N–H and O–H groups in total. The van der Waals surface area contributed by atoms with Gasteiger partial charge in [-0.25, -0.2) is 0 Å². The number of carbonyl (C=O) groups is 1. The zero-order valence-corrected chi connectivity index (χ0v) is 5.41. The molecule has 0 bridgehead atoms. The number of amides is 1. The van der Waals surface area contributed by atoms with Crippen molar-refractivity contribution in [1.82, 2.24) is 0 Å². The third kappa shape index (κ3) is 0.635. The quantitative estimate of drug-likeness (QED) is 0.541. The Kier molecular flexibility index (Phi) is 1.03. The molecule has 0 saturated carbocycles. The van der Waals surface area contributed by atoms with Crippen LogP contribution in [0, 0.1) is 0 Å². The third-order valence-electron chi connectivity index (χ3n) is 1.67. The lowest BCUT2D eigenvalue weighted by Crippen LogP contribution is -2.43.